The molecule has 1 aliphatic rings. The third-order valence-electron chi connectivity index (χ3n) is 5.85. The second-order valence-corrected chi connectivity index (χ2v) is 10.8. The molecule has 1 N–H and O–H groups in total. The maximum absolute atomic E-state index is 13.1. The summed E-state index contributed by atoms with van der Waals surface area (Å²) in [6.45, 7) is 5.41. The normalized spacial score (nSPS) is 16.9. The molecular weight excluding hydrogens is 420 g/mol. The molecule has 6 nitrogen and oxygen atoms in total. The van der Waals surface area contributed by atoms with Crippen LogP contribution in [0.2, 0.25) is 0 Å². The SMILES string of the molecule is CC(C)n1c(=O)sc2cc(S(=O)(=O)NCC3(c4ccccc4)CCOCC3)ccc21. The van der Waals surface area contributed by atoms with Crippen LogP contribution >= 0.6 is 11.3 Å². The van der Waals surface area contributed by atoms with Crippen LogP contribution in [0.3, 0.4) is 0 Å². The smallest absolute Gasteiger partial charge is 0.308 e. The molecule has 0 spiro atoms. The number of benzene rings is 2. The van der Waals surface area contributed by atoms with E-state index in [1.165, 1.54) is 0 Å². The van der Waals surface area contributed by atoms with Crippen molar-refractivity contribution >= 4 is 31.6 Å². The first-order chi connectivity index (χ1) is 14.3. The second-order valence-electron chi connectivity index (χ2n) is 8.04. The van der Waals surface area contributed by atoms with E-state index in [2.05, 4.69) is 16.9 Å². The number of hydrogen-bond acceptors (Lipinski definition) is 5. The molecule has 0 aliphatic carbocycles. The molecule has 8 heteroatoms. The van der Waals surface area contributed by atoms with Crippen molar-refractivity contribution < 1.29 is 13.2 Å². The quantitative estimate of drug-likeness (QED) is 0.627. The zero-order valence-corrected chi connectivity index (χ0v) is 18.8. The topological polar surface area (TPSA) is 77.4 Å². The zero-order chi connectivity index (χ0) is 21.4. The molecule has 1 saturated heterocycles. The Balaban J connectivity index is 1.63. The van der Waals surface area contributed by atoms with Crippen molar-refractivity contribution in [2.75, 3.05) is 19.8 Å². The molecule has 4 rings (SSSR count). The van der Waals surface area contributed by atoms with Gasteiger partial charge in [-0.15, -0.1) is 0 Å². The van der Waals surface area contributed by atoms with Crippen molar-refractivity contribution in [3.05, 3.63) is 63.8 Å². The van der Waals surface area contributed by atoms with Crippen molar-refractivity contribution in [1.29, 1.82) is 0 Å². The third-order valence-corrected chi connectivity index (χ3v) is 8.17. The van der Waals surface area contributed by atoms with E-state index in [-0.39, 0.29) is 21.2 Å². The number of nitrogens with one attached hydrogen (secondary N) is 1. The molecule has 0 bridgehead atoms. The number of ether oxygens (including phenoxy) is 1. The van der Waals surface area contributed by atoms with Crippen LogP contribution in [0.1, 0.15) is 38.3 Å². The summed E-state index contributed by atoms with van der Waals surface area (Å²) in [4.78, 5) is 12.4. The molecule has 0 saturated carbocycles. The van der Waals surface area contributed by atoms with E-state index in [4.69, 9.17) is 4.74 Å². The first-order valence-corrected chi connectivity index (χ1v) is 12.4. The van der Waals surface area contributed by atoms with E-state index in [1.54, 1.807) is 22.8 Å². The van der Waals surface area contributed by atoms with E-state index in [9.17, 15) is 13.2 Å². The fraction of sp³-hybridized carbons (Fsp3) is 0.409. The number of nitrogens with zero attached hydrogens (tertiary/aromatic N) is 1. The van der Waals surface area contributed by atoms with Gasteiger partial charge in [0.15, 0.2) is 0 Å². The van der Waals surface area contributed by atoms with Crippen LogP contribution in [0.15, 0.2) is 58.2 Å². The monoisotopic (exact) mass is 446 g/mol. The Bertz CT molecular complexity index is 1190. The minimum Gasteiger partial charge on any atom is -0.381 e. The standard InChI is InChI=1S/C22H26N2O4S2/c1-16(2)24-19-9-8-18(14-20(19)29-21(24)25)30(26,27)23-15-22(10-12-28-13-11-22)17-6-4-3-5-7-17/h3-9,14,16,23H,10-13,15H2,1-2H3. The molecule has 160 valence electrons. The lowest BCUT2D eigenvalue weighted by atomic mass is 9.74. The van der Waals surface area contributed by atoms with Gasteiger partial charge < -0.3 is 4.74 Å². The summed E-state index contributed by atoms with van der Waals surface area (Å²) in [6, 6.07) is 15.0. The van der Waals surface area contributed by atoms with Crippen LogP contribution in [-0.2, 0) is 20.2 Å². The molecular formula is C22H26N2O4S2. The van der Waals surface area contributed by atoms with Crippen molar-refractivity contribution in [3.63, 3.8) is 0 Å². The molecule has 0 radical (unpaired) electrons. The number of hydrogen-bond donors (Lipinski definition) is 1. The second kappa shape index (κ2) is 8.26. The minimum atomic E-state index is -3.72. The summed E-state index contributed by atoms with van der Waals surface area (Å²) in [7, 11) is -3.72. The minimum absolute atomic E-state index is 0.0195. The Morgan fingerprint density at radius 3 is 2.50 bits per heavy atom. The van der Waals surface area contributed by atoms with Gasteiger partial charge in [-0.25, -0.2) is 13.1 Å². The highest BCUT2D eigenvalue weighted by Crippen LogP contribution is 2.34. The van der Waals surface area contributed by atoms with E-state index < -0.39 is 10.0 Å². The zero-order valence-electron chi connectivity index (χ0n) is 17.1. The van der Waals surface area contributed by atoms with Gasteiger partial charge in [-0.1, -0.05) is 41.7 Å². The summed E-state index contributed by atoms with van der Waals surface area (Å²) in [5, 5.41) is 0. The maximum Gasteiger partial charge on any atom is 0.308 e. The molecule has 2 heterocycles. The molecule has 1 aromatic heterocycles. The van der Waals surface area contributed by atoms with Gasteiger partial charge in [0, 0.05) is 31.2 Å². The lowest BCUT2D eigenvalue weighted by Crippen LogP contribution is -2.44. The maximum atomic E-state index is 13.1. The third kappa shape index (κ3) is 3.97. The van der Waals surface area contributed by atoms with Crippen molar-refractivity contribution in [2.45, 2.75) is 43.0 Å². The Morgan fingerprint density at radius 1 is 1.13 bits per heavy atom. The largest absolute Gasteiger partial charge is 0.381 e. The van der Waals surface area contributed by atoms with Crippen LogP contribution in [0, 0.1) is 0 Å². The summed E-state index contributed by atoms with van der Waals surface area (Å²) in [5.41, 5.74) is 1.60. The summed E-state index contributed by atoms with van der Waals surface area (Å²) in [5.74, 6) is 0. The Kier molecular flexibility index (Phi) is 5.85. The average Bonchev–Trinajstić information content (AvgIpc) is 3.09. The lowest BCUT2D eigenvalue weighted by Gasteiger charge is -2.37. The van der Waals surface area contributed by atoms with Gasteiger partial charge in [-0.3, -0.25) is 9.36 Å². The van der Waals surface area contributed by atoms with Gasteiger partial charge in [0.1, 0.15) is 0 Å². The highest BCUT2D eigenvalue weighted by atomic mass is 32.2. The predicted octanol–water partition coefficient (Wildman–Crippen LogP) is 3.67. The lowest BCUT2D eigenvalue weighted by molar-refractivity contribution is 0.0517. The number of aromatic nitrogens is 1. The Hall–Kier alpha value is -2.00. The number of thiazole rings is 1. The van der Waals surface area contributed by atoms with Crippen LogP contribution in [0.5, 0.6) is 0 Å². The van der Waals surface area contributed by atoms with Crippen molar-refractivity contribution in [2.24, 2.45) is 0 Å². The molecule has 0 amide bonds. The van der Waals surface area contributed by atoms with Gasteiger partial charge in [0.2, 0.25) is 10.0 Å². The summed E-state index contributed by atoms with van der Waals surface area (Å²) < 4.78 is 36.9. The van der Waals surface area contributed by atoms with E-state index >= 15 is 0 Å². The van der Waals surface area contributed by atoms with Crippen LogP contribution in [0.4, 0.5) is 0 Å². The Labute approximate surface area is 180 Å². The fourth-order valence-corrected chi connectivity index (χ4v) is 6.39. The summed E-state index contributed by atoms with van der Waals surface area (Å²) in [6.07, 6.45) is 1.52. The molecule has 1 aliphatic heterocycles. The van der Waals surface area contributed by atoms with Crippen molar-refractivity contribution in [1.82, 2.24) is 9.29 Å². The van der Waals surface area contributed by atoms with Crippen molar-refractivity contribution in [3.8, 4) is 0 Å². The first-order valence-electron chi connectivity index (χ1n) is 10.1. The first kappa shape index (κ1) is 21.2. The van der Waals surface area contributed by atoms with Gasteiger partial charge in [-0.2, -0.15) is 0 Å². The molecule has 3 aromatic rings. The van der Waals surface area contributed by atoms with Gasteiger partial charge >= 0.3 is 4.87 Å². The molecule has 30 heavy (non-hydrogen) atoms. The summed E-state index contributed by atoms with van der Waals surface area (Å²) >= 11 is 1.08. The van der Waals surface area contributed by atoms with Crippen LogP contribution in [-0.4, -0.2) is 32.7 Å². The van der Waals surface area contributed by atoms with Crippen LogP contribution in [0.25, 0.3) is 10.2 Å². The highest BCUT2D eigenvalue weighted by molar-refractivity contribution is 7.89. The number of sulfonamides is 1. The fourth-order valence-electron chi connectivity index (χ4n) is 4.11. The van der Waals surface area contributed by atoms with Gasteiger partial charge in [-0.05, 0) is 50.5 Å². The van der Waals surface area contributed by atoms with Crippen LogP contribution < -0.4 is 9.60 Å². The molecule has 2 aromatic carbocycles. The molecule has 0 unspecified atom stereocenters. The van der Waals surface area contributed by atoms with Gasteiger partial charge in [0.25, 0.3) is 0 Å². The van der Waals surface area contributed by atoms with E-state index in [0.717, 1.165) is 35.3 Å². The number of fused-ring (bicyclic) bond motifs is 1. The van der Waals surface area contributed by atoms with E-state index in [1.807, 2.05) is 32.0 Å². The van der Waals surface area contributed by atoms with E-state index in [0.29, 0.717) is 24.5 Å². The Morgan fingerprint density at radius 2 is 1.83 bits per heavy atom. The van der Waals surface area contributed by atoms with Gasteiger partial charge in [0.05, 0.1) is 15.1 Å². The average molecular weight is 447 g/mol. The number of rotatable bonds is 6. The highest BCUT2D eigenvalue weighted by Gasteiger charge is 2.35. The molecule has 0 atom stereocenters. The predicted molar refractivity (Wildman–Crippen MR) is 120 cm³/mol. The molecule has 1 fully saturated rings.